The van der Waals surface area contributed by atoms with E-state index in [1.165, 1.54) is 0 Å². The van der Waals surface area contributed by atoms with Gasteiger partial charge in [-0.1, -0.05) is 6.07 Å². The Kier molecular flexibility index (Phi) is 4.34. The van der Waals surface area contributed by atoms with Crippen molar-refractivity contribution in [1.29, 1.82) is 5.26 Å². The lowest BCUT2D eigenvalue weighted by Gasteiger charge is -2.11. The van der Waals surface area contributed by atoms with Gasteiger partial charge < -0.3 is 20.5 Å². The van der Waals surface area contributed by atoms with Crippen molar-refractivity contribution in [3.63, 3.8) is 0 Å². The lowest BCUT2D eigenvalue weighted by Crippen LogP contribution is -2.35. The molecule has 1 saturated heterocycles. The molecule has 2 rings (SSSR count). The van der Waals surface area contributed by atoms with Gasteiger partial charge >= 0.3 is 0 Å². The Labute approximate surface area is 111 Å². The first-order valence-corrected chi connectivity index (χ1v) is 6.01. The van der Waals surface area contributed by atoms with E-state index < -0.39 is 6.10 Å². The van der Waals surface area contributed by atoms with Gasteiger partial charge in [0.25, 0.3) is 0 Å². The average Bonchev–Trinajstić information content (AvgIpc) is 2.83. The predicted octanol–water partition coefficient (Wildman–Crippen LogP) is 0.250. The van der Waals surface area contributed by atoms with E-state index in [4.69, 9.17) is 10.00 Å². The standard InChI is InChI=1S/C13H15N3O3/c14-4-5-19-11-3-1-2-9(6-11)16-13(18)12-7-10(17)8-15-12/h1-3,6,10,12,15,17H,5,7-8H2,(H,16,18). The van der Waals surface area contributed by atoms with Crippen LogP contribution in [0.5, 0.6) is 5.75 Å². The SMILES string of the molecule is N#CCOc1cccc(NC(=O)C2CC(O)CN2)c1. The maximum Gasteiger partial charge on any atom is 0.241 e. The molecule has 3 N–H and O–H groups in total. The van der Waals surface area contributed by atoms with Crippen molar-refractivity contribution in [2.75, 3.05) is 18.5 Å². The fraction of sp³-hybridized carbons (Fsp3) is 0.385. The van der Waals surface area contributed by atoms with E-state index in [9.17, 15) is 9.90 Å². The average molecular weight is 261 g/mol. The number of hydrogen-bond acceptors (Lipinski definition) is 5. The summed E-state index contributed by atoms with van der Waals surface area (Å²) in [6.07, 6.45) is -0.0581. The first-order valence-electron chi connectivity index (χ1n) is 6.01. The lowest BCUT2D eigenvalue weighted by atomic mass is 10.2. The smallest absolute Gasteiger partial charge is 0.241 e. The van der Waals surface area contributed by atoms with Gasteiger partial charge in [-0.15, -0.1) is 0 Å². The summed E-state index contributed by atoms with van der Waals surface area (Å²) in [6.45, 7) is 0.400. The number of aliphatic hydroxyl groups is 1. The van der Waals surface area contributed by atoms with Crippen molar-refractivity contribution in [1.82, 2.24) is 5.32 Å². The Morgan fingerprint density at radius 1 is 1.63 bits per heavy atom. The van der Waals surface area contributed by atoms with Gasteiger partial charge in [0.2, 0.25) is 5.91 Å². The third kappa shape index (κ3) is 3.68. The molecule has 100 valence electrons. The Hall–Kier alpha value is -2.10. The summed E-state index contributed by atoms with van der Waals surface area (Å²) in [5.41, 5.74) is 0.601. The second-order valence-electron chi connectivity index (χ2n) is 4.31. The topological polar surface area (TPSA) is 94.4 Å². The molecule has 1 aliphatic heterocycles. The van der Waals surface area contributed by atoms with E-state index in [0.717, 1.165) is 0 Å². The number of amides is 1. The minimum atomic E-state index is -0.471. The van der Waals surface area contributed by atoms with E-state index in [2.05, 4.69) is 10.6 Å². The van der Waals surface area contributed by atoms with Crippen LogP contribution < -0.4 is 15.4 Å². The predicted molar refractivity (Wildman–Crippen MR) is 68.6 cm³/mol. The molecule has 6 heteroatoms. The van der Waals surface area contributed by atoms with Crippen LogP contribution in [0.3, 0.4) is 0 Å². The van der Waals surface area contributed by atoms with Crippen LogP contribution in [0, 0.1) is 11.3 Å². The number of aliphatic hydroxyl groups excluding tert-OH is 1. The van der Waals surface area contributed by atoms with Gasteiger partial charge in [0.1, 0.15) is 11.8 Å². The highest BCUT2D eigenvalue weighted by molar-refractivity contribution is 5.95. The molecular formula is C13H15N3O3. The molecule has 1 aliphatic rings. The van der Waals surface area contributed by atoms with Crippen molar-refractivity contribution in [2.45, 2.75) is 18.6 Å². The molecule has 2 atom stereocenters. The molecule has 1 heterocycles. The van der Waals surface area contributed by atoms with Crippen molar-refractivity contribution >= 4 is 11.6 Å². The third-order valence-electron chi connectivity index (χ3n) is 2.83. The largest absolute Gasteiger partial charge is 0.479 e. The minimum absolute atomic E-state index is 0.0340. The van der Waals surface area contributed by atoms with Crippen molar-refractivity contribution in [3.8, 4) is 11.8 Å². The van der Waals surface area contributed by atoms with E-state index in [-0.39, 0.29) is 18.6 Å². The molecule has 0 radical (unpaired) electrons. The van der Waals surface area contributed by atoms with Crippen LogP contribution in [0.1, 0.15) is 6.42 Å². The van der Waals surface area contributed by atoms with Gasteiger partial charge in [-0.25, -0.2) is 0 Å². The van der Waals surface area contributed by atoms with E-state index >= 15 is 0 Å². The summed E-state index contributed by atoms with van der Waals surface area (Å²) >= 11 is 0. The highest BCUT2D eigenvalue weighted by Gasteiger charge is 2.27. The first-order chi connectivity index (χ1) is 9.19. The number of ether oxygens (including phenoxy) is 1. The second kappa shape index (κ2) is 6.18. The second-order valence-corrected chi connectivity index (χ2v) is 4.31. The number of carbonyl (C=O) groups is 1. The molecule has 1 aromatic rings. The summed E-state index contributed by atoms with van der Waals surface area (Å²) in [7, 11) is 0. The Balaban J connectivity index is 1.95. The van der Waals surface area contributed by atoms with Gasteiger partial charge in [0.05, 0.1) is 12.1 Å². The third-order valence-corrected chi connectivity index (χ3v) is 2.83. The van der Waals surface area contributed by atoms with Crippen molar-refractivity contribution < 1.29 is 14.6 Å². The lowest BCUT2D eigenvalue weighted by molar-refractivity contribution is -0.117. The first kappa shape index (κ1) is 13.3. The summed E-state index contributed by atoms with van der Waals surface area (Å²) in [4.78, 5) is 11.9. The quantitative estimate of drug-likeness (QED) is 0.722. The molecule has 19 heavy (non-hydrogen) atoms. The summed E-state index contributed by atoms with van der Waals surface area (Å²) in [6, 6.07) is 8.34. The summed E-state index contributed by atoms with van der Waals surface area (Å²) in [5, 5.41) is 23.5. The zero-order valence-corrected chi connectivity index (χ0v) is 10.3. The van der Waals surface area contributed by atoms with Gasteiger partial charge in [-0.2, -0.15) is 5.26 Å². The maximum atomic E-state index is 11.9. The van der Waals surface area contributed by atoms with Crippen LogP contribution in [0.4, 0.5) is 5.69 Å². The van der Waals surface area contributed by atoms with Crippen molar-refractivity contribution in [2.24, 2.45) is 0 Å². The molecule has 0 aliphatic carbocycles. The van der Waals surface area contributed by atoms with Gasteiger partial charge in [0, 0.05) is 18.3 Å². The summed E-state index contributed by atoms with van der Waals surface area (Å²) < 4.78 is 5.15. The normalized spacial score (nSPS) is 21.7. The Bertz CT molecular complexity index is 498. The number of benzene rings is 1. The zero-order chi connectivity index (χ0) is 13.7. The van der Waals surface area contributed by atoms with Crippen LogP contribution in [-0.2, 0) is 4.79 Å². The van der Waals surface area contributed by atoms with Gasteiger partial charge in [-0.05, 0) is 18.6 Å². The Morgan fingerprint density at radius 3 is 3.16 bits per heavy atom. The van der Waals surface area contributed by atoms with E-state index in [1.54, 1.807) is 24.3 Å². The van der Waals surface area contributed by atoms with Crippen LogP contribution in [0.2, 0.25) is 0 Å². The van der Waals surface area contributed by atoms with E-state index in [0.29, 0.717) is 24.4 Å². The number of nitrogens with one attached hydrogen (secondary N) is 2. The van der Waals surface area contributed by atoms with Crippen LogP contribution >= 0.6 is 0 Å². The minimum Gasteiger partial charge on any atom is -0.479 e. The number of nitriles is 1. The number of β-amino-alcohol motifs (C(OH)–C–C–N with tert-alkyl or cyclic N) is 1. The zero-order valence-electron chi connectivity index (χ0n) is 10.3. The molecule has 0 spiro atoms. The molecule has 0 aromatic heterocycles. The fourth-order valence-electron chi connectivity index (χ4n) is 1.93. The van der Waals surface area contributed by atoms with Crippen LogP contribution in [0.25, 0.3) is 0 Å². The number of nitrogens with zero attached hydrogens (tertiary/aromatic N) is 1. The van der Waals surface area contributed by atoms with Gasteiger partial charge in [-0.3, -0.25) is 4.79 Å². The maximum absolute atomic E-state index is 11.9. The highest BCUT2D eigenvalue weighted by atomic mass is 16.5. The number of rotatable bonds is 4. The van der Waals surface area contributed by atoms with Crippen LogP contribution in [-0.4, -0.2) is 36.3 Å². The molecule has 2 unspecified atom stereocenters. The molecule has 0 saturated carbocycles. The fourth-order valence-corrected chi connectivity index (χ4v) is 1.93. The molecule has 1 amide bonds. The molecular weight excluding hydrogens is 246 g/mol. The Morgan fingerprint density at radius 2 is 2.47 bits per heavy atom. The molecule has 6 nitrogen and oxygen atoms in total. The monoisotopic (exact) mass is 261 g/mol. The van der Waals surface area contributed by atoms with Crippen LogP contribution in [0.15, 0.2) is 24.3 Å². The number of hydrogen-bond donors (Lipinski definition) is 3. The highest BCUT2D eigenvalue weighted by Crippen LogP contribution is 2.18. The molecule has 0 bridgehead atoms. The molecule has 1 aromatic carbocycles. The molecule has 1 fully saturated rings. The van der Waals surface area contributed by atoms with Crippen molar-refractivity contribution in [3.05, 3.63) is 24.3 Å². The number of carbonyl (C=O) groups excluding carboxylic acids is 1. The van der Waals surface area contributed by atoms with Gasteiger partial charge in [0.15, 0.2) is 6.61 Å². The summed E-state index contributed by atoms with van der Waals surface area (Å²) in [5.74, 6) is 0.341. The number of anilines is 1. The van der Waals surface area contributed by atoms with E-state index in [1.807, 2.05) is 6.07 Å².